The van der Waals surface area contributed by atoms with Gasteiger partial charge in [-0.15, -0.1) is 11.3 Å². The molecule has 0 saturated heterocycles. The first-order valence-corrected chi connectivity index (χ1v) is 9.30. The first kappa shape index (κ1) is 15.6. The number of hydrogen-bond acceptors (Lipinski definition) is 3. The molecule has 1 heterocycles. The van der Waals surface area contributed by atoms with Crippen LogP contribution in [0.1, 0.15) is 17.7 Å². The van der Waals surface area contributed by atoms with Crippen molar-refractivity contribution in [1.29, 1.82) is 0 Å². The third-order valence-electron chi connectivity index (χ3n) is 3.59. The van der Waals surface area contributed by atoms with Crippen LogP contribution in [0.25, 0.3) is 0 Å². The van der Waals surface area contributed by atoms with E-state index in [1.165, 1.54) is 4.31 Å². The Morgan fingerprint density at radius 3 is 2.59 bits per heavy atom. The maximum Gasteiger partial charge on any atom is 0.246 e. The first-order valence-electron chi connectivity index (χ1n) is 6.98. The van der Waals surface area contributed by atoms with Crippen LogP contribution in [0.4, 0.5) is 8.78 Å². The van der Waals surface area contributed by atoms with E-state index in [2.05, 4.69) is 0 Å². The van der Waals surface area contributed by atoms with E-state index in [1.807, 2.05) is 17.5 Å². The Bertz CT molecular complexity index is 756. The predicted molar refractivity (Wildman–Crippen MR) is 81.3 cm³/mol. The fraction of sp³-hybridized carbons (Fsp3) is 0.333. The molecule has 3 nitrogen and oxygen atoms in total. The van der Waals surface area contributed by atoms with Gasteiger partial charge in [-0.1, -0.05) is 6.07 Å². The second-order valence-corrected chi connectivity index (χ2v) is 8.14. The Morgan fingerprint density at radius 1 is 1.23 bits per heavy atom. The lowest BCUT2D eigenvalue weighted by Gasteiger charge is -2.22. The Labute approximate surface area is 132 Å². The van der Waals surface area contributed by atoms with Crippen LogP contribution in [0.15, 0.2) is 40.6 Å². The van der Waals surface area contributed by atoms with Crippen LogP contribution in [-0.2, 0) is 16.4 Å². The third kappa shape index (κ3) is 3.21. The zero-order chi connectivity index (χ0) is 15.7. The van der Waals surface area contributed by atoms with Crippen LogP contribution in [0.2, 0.25) is 0 Å². The van der Waals surface area contributed by atoms with Crippen molar-refractivity contribution in [2.75, 3.05) is 6.54 Å². The second-order valence-electron chi connectivity index (χ2n) is 5.25. The molecule has 0 unspecified atom stereocenters. The Hall–Kier alpha value is -1.31. The van der Waals surface area contributed by atoms with E-state index in [9.17, 15) is 17.2 Å². The highest BCUT2D eigenvalue weighted by Gasteiger charge is 2.38. The van der Waals surface area contributed by atoms with Gasteiger partial charge in [0, 0.05) is 23.5 Å². The second kappa shape index (κ2) is 6.06. The van der Waals surface area contributed by atoms with Crippen LogP contribution in [0, 0.1) is 11.6 Å². The molecular formula is C15H15F2NO2S2. The lowest BCUT2D eigenvalue weighted by atomic mass is 10.3. The standard InChI is InChI=1S/C15H15F2NO2S2/c16-11-3-6-15(14(17)10-11)22(19,20)18(12-4-5-12)8-7-13-2-1-9-21-13/h1-3,6,9-10,12H,4-5,7-8H2. The summed E-state index contributed by atoms with van der Waals surface area (Å²) < 4.78 is 53.5. The van der Waals surface area contributed by atoms with Crippen LogP contribution in [-0.4, -0.2) is 25.3 Å². The van der Waals surface area contributed by atoms with Gasteiger partial charge in [-0.25, -0.2) is 17.2 Å². The Balaban J connectivity index is 1.86. The van der Waals surface area contributed by atoms with E-state index < -0.39 is 26.6 Å². The number of hydrogen-bond donors (Lipinski definition) is 0. The van der Waals surface area contributed by atoms with Gasteiger partial charge in [0.1, 0.15) is 16.5 Å². The molecule has 0 aliphatic heterocycles. The largest absolute Gasteiger partial charge is 0.246 e. The molecule has 2 aromatic rings. The van der Waals surface area contributed by atoms with Crippen LogP contribution < -0.4 is 0 Å². The van der Waals surface area contributed by atoms with E-state index >= 15 is 0 Å². The molecule has 22 heavy (non-hydrogen) atoms. The molecule has 1 aromatic carbocycles. The summed E-state index contributed by atoms with van der Waals surface area (Å²) in [5.74, 6) is -1.82. The molecule has 7 heteroatoms. The molecule has 0 spiro atoms. The van der Waals surface area contributed by atoms with E-state index in [1.54, 1.807) is 11.3 Å². The average Bonchev–Trinajstić information content (AvgIpc) is 3.13. The molecule has 1 saturated carbocycles. The highest BCUT2D eigenvalue weighted by Crippen LogP contribution is 2.33. The monoisotopic (exact) mass is 343 g/mol. The van der Waals surface area contributed by atoms with Crippen molar-refractivity contribution in [1.82, 2.24) is 4.31 Å². The number of halogens is 2. The number of thiophene rings is 1. The zero-order valence-corrected chi connectivity index (χ0v) is 13.3. The van der Waals surface area contributed by atoms with Crippen molar-refractivity contribution in [3.63, 3.8) is 0 Å². The highest BCUT2D eigenvalue weighted by molar-refractivity contribution is 7.89. The van der Waals surface area contributed by atoms with Crippen molar-refractivity contribution in [3.05, 3.63) is 52.2 Å². The van der Waals surface area contributed by atoms with Crippen molar-refractivity contribution in [3.8, 4) is 0 Å². The van der Waals surface area contributed by atoms with Crippen LogP contribution in [0.5, 0.6) is 0 Å². The quantitative estimate of drug-likeness (QED) is 0.806. The molecule has 1 aliphatic rings. The summed E-state index contributed by atoms with van der Waals surface area (Å²) in [6.45, 7) is 0.310. The molecule has 3 rings (SSSR count). The van der Waals surface area contributed by atoms with Crippen molar-refractivity contribution in [2.24, 2.45) is 0 Å². The minimum absolute atomic E-state index is 0.0746. The number of benzene rings is 1. The van der Waals surface area contributed by atoms with Gasteiger partial charge in [-0.3, -0.25) is 0 Å². The first-order chi connectivity index (χ1) is 10.5. The lowest BCUT2D eigenvalue weighted by Crippen LogP contribution is -2.35. The highest BCUT2D eigenvalue weighted by atomic mass is 32.2. The van der Waals surface area contributed by atoms with Crippen molar-refractivity contribution in [2.45, 2.75) is 30.2 Å². The molecule has 0 atom stereocenters. The topological polar surface area (TPSA) is 37.4 Å². The van der Waals surface area contributed by atoms with Gasteiger partial charge < -0.3 is 0 Å². The van der Waals surface area contributed by atoms with Crippen molar-refractivity contribution < 1.29 is 17.2 Å². The fourth-order valence-electron chi connectivity index (χ4n) is 2.35. The summed E-state index contributed by atoms with van der Waals surface area (Å²) >= 11 is 1.56. The van der Waals surface area contributed by atoms with E-state index in [4.69, 9.17) is 0 Å². The minimum Gasteiger partial charge on any atom is -0.207 e. The number of nitrogens with zero attached hydrogens (tertiary/aromatic N) is 1. The van der Waals surface area contributed by atoms with Gasteiger partial charge in [0.05, 0.1) is 0 Å². The summed E-state index contributed by atoms with van der Waals surface area (Å²) in [6, 6.07) is 6.36. The minimum atomic E-state index is -3.94. The molecule has 0 radical (unpaired) electrons. The molecule has 0 amide bonds. The van der Waals surface area contributed by atoms with Gasteiger partial charge in [0.2, 0.25) is 10.0 Å². The molecular weight excluding hydrogens is 328 g/mol. The van der Waals surface area contributed by atoms with E-state index in [-0.39, 0.29) is 6.04 Å². The lowest BCUT2D eigenvalue weighted by molar-refractivity contribution is 0.404. The van der Waals surface area contributed by atoms with E-state index in [0.717, 1.165) is 29.9 Å². The number of sulfonamides is 1. The van der Waals surface area contributed by atoms with Crippen LogP contribution >= 0.6 is 11.3 Å². The van der Waals surface area contributed by atoms with E-state index in [0.29, 0.717) is 19.0 Å². The zero-order valence-electron chi connectivity index (χ0n) is 11.7. The summed E-state index contributed by atoms with van der Waals surface area (Å²) in [6.07, 6.45) is 2.16. The van der Waals surface area contributed by atoms with Gasteiger partial charge in [0.25, 0.3) is 0 Å². The summed E-state index contributed by atoms with van der Waals surface area (Å²) in [4.78, 5) is 0.632. The molecule has 1 fully saturated rings. The normalized spacial score (nSPS) is 15.4. The fourth-order valence-corrected chi connectivity index (χ4v) is 4.78. The maximum atomic E-state index is 13.9. The average molecular weight is 343 g/mol. The molecule has 1 aromatic heterocycles. The van der Waals surface area contributed by atoms with Gasteiger partial charge in [-0.05, 0) is 42.8 Å². The Kier molecular flexibility index (Phi) is 4.29. The van der Waals surface area contributed by atoms with Gasteiger partial charge >= 0.3 is 0 Å². The van der Waals surface area contributed by atoms with Crippen LogP contribution in [0.3, 0.4) is 0 Å². The summed E-state index contributed by atoms with van der Waals surface area (Å²) in [7, 11) is -3.94. The SMILES string of the molecule is O=S(=O)(c1ccc(F)cc1F)N(CCc1cccs1)C1CC1. The van der Waals surface area contributed by atoms with Gasteiger partial charge in [-0.2, -0.15) is 4.31 Å². The molecule has 118 valence electrons. The van der Waals surface area contributed by atoms with Gasteiger partial charge in [0.15, 0.2) is 0 Å². The summed E-state index contributed by atoms with van der Waals surface area (Å²) in [5.41, 5.74) is 0. The smallest absolute Gasteiger partial charge is 0.207 e. The third-order valence-corrected chi connectivity index (χ3v) is 6.51. The maximum absolute atomic E-state index is 13.9. The Morgan fingerprint density at radius 2 is 2.00 bits per heavy atom. The molecule has 0 bridgehead atoms. The predicted octanol–water partition coefficient (Wildman–Crippen LogP) is 3.42. The number of rotatable bonds is 6. The summed E-state index contributed by atoms with van der Waals surface area (Å²) in [5, 5.41) is 1.94. The van der Waals surface area contributed by atoms with Crippen molar-refractivity contribution >= 4 is 21.4 Å². The molecule has 0 N–H and O–H groups in total. The molecule has 1 aliphatic carbocycles.